The van der Waals surface area contributed by atoms with Gasteiger partial charge in [-0.25, -0.2) is 9.37 Å². The number of rotatable bonds is 4. The van der Waals surface area contributed by atoms with E-state index in [1.54, 1.807) is 28.8 Å². The molecule has 4 rings (SSSR count). The first kappa shape index (κ1) is 19.2. The quantitative estimate of drug-likeness (QED) is 0.595. The molecule has 1 aromatic carbocycles. The Morgan fingerprint density at radius 3 is 2.75 bits per heavy atom. The third-order valence-corrected chi connectivity index (χ3v) is 6.17. The number of hydrogen-bond acceptors (Lipinski definition) is 5. The van der Waals surface area contributed by atoms with Crippen molar-refractivity contribution in [3.63, 3.8) is 0 Å². The first-order valence-corrected chi connectivity index (χ1v) is 10.6. The lowest BCUT2D eigenvalue weighted by Crippen LogP contribution is -2.48. The van der Waals surface area contributed by atoms with Gasteiger partial charge in [0.15, 0.2) is 4.96 Å². The second-order valence-electron chi connectivity index (χ2n) is 6.72. The van der Waals surface area contributed by atoms with Crippen molar-refractivity contribution in [2.75, 3.05) is 26.2 Å². The van der Waals surface area contributed by atoms with Crippen molar-refractivity contribution in [1.82, 2.24) is 19.2 Å². The van der Waals surface area contributed by atoms with E-state index in [0.29, 0.717) is 29.1 Å². The number of carbonyl (C=O) groups excluding carboxylic acids is 1. The number of nitrogens with zero attached hydrogens (tertiary/aromatic N) is 4. The maximum Gasteiger partial charge on any atom is 0.258 e. The van der Waals surface area contributed by atoms with Gasteiger partial charge in [-0.2, -0.15) is 0 Å². The zero-order chi connectivity index (χ0) is 19.7. The molecule has 3 aromatic rings. The SMILES string of the molecule is O=C(Cc1ccc(F)c(Br)c1)N1CCN(Cc2cc(=O)n3ccsc3n2)CC1. The summed E-state index contributed by atoms with van der Waals surface area (Å²) >= 11 is 4.59. The molecule has 6 nitrogen and oxygen atoms in total. The minimum absolute atomic E-state index is 0.0366. The Morgan fingerprint density at radius 2 is 2.00 bits per heavy atom. The lowest BCUT2D eigenvalue weighted by Gasteiger charge is -2.34. The van der Waals surface area contributed by atoms with E-state index < -0.39 is 0 Å². The fraction of sp³-hybridized carbons (Fsp3) is 0.316. The fourth-order valence-corrected chi connectivity index (χ4v) is 4.45. The van der Waals surface area contributed by atoms with Crippen molar-refractivity contribution in [3.8, 4) is 0 Å². The Bertz CT molecular complexity index is 1080. The molecule has 0 radical (unpaired) electrons. The average molecular weight is 465 g/mol. The lowest BCUT2D eigenvalue weighted by atomic mass is 10.1. The van der Waals surface area contributed by atoms with Crippen LogP contribution in [0.5, 0.6) is 0 Å². The van der Waals surface area contributed by atoms with Crippen LogP contribution in [0.4, 0.5) is 4.39 Å². The molecule has 0 aliphatic carbocycles. The summed E-state index contributed by atoms with van der Waals surface area (Å²) in [4.78, 5) is 33.9. The zero-order valence-corrected chi connectivity index (χ0v) is 17.4. The summed E-state index contributed by atoms with van der Waals surface area (Å²) in [6.45, 7) is 3.30. The average Bonchev–Trinajstić information content (AvgIpc) is 3.14. The molecule has 1 amide bonds. The van der Waals surface area contributed by atoms with Crippen molar-refractivity contribution in [3.05, 3.63) is 67.7 Å². The molecule has 1 fully saturated rings. The van der Waals surface area contributed by atoms with Crippen LogP contribution in [-0.2, 0) is 17.8 Å². The predicted molar refractivity (Wildman–Crippen MR) is 109 cm³/mol. The summed E-state index contributed by atoms with van der Waals surface area (Å²) in [7, 11) is 0. The molecule has 0 N–H and O–H groups in total. The van der Waals surface area contributed by atoms with E-state index in [2.05, 4.69) is 25.8 Å². The molecule has 1 saturated heterocycles. The number of aromatic nitrogens is 2. The van der Waals surface area contributed by atoms with E-state index in [1.807, 2.05) is 10.3 Å². The van der Waals surface area contributed by atoms with E-state index >= 15 is 0 Å². The minimum Gasteiger partial charge on any atom is -0.340 e. The number of thiazole rings is 1. The first-order valence-electron chi connectivity index (χ1n) is 8.89. The van der Waals surface area contributed by atoms with E-state index in [1.165, 1.54) is 17.4 Å². The van der Waals surface area contributed by atoms with Gasteiger partial charge in [0, 0.05) is 50.4 Å². The number of halogens is 2. The summed E-state index contributed by atoms with van der Waals surface area (Å²) in [6, 6.07) is 6.22. The molecule has 9 heteroatoms. The van der Waals surface area contributed by atoms with Crippen LogP contribution in [0.1, 0.15) is 11.3 Å². The van der Waals surface area contributed by atoms with E-state index in [9.17, 15) is 14.0 Å². The van der Waals surface area contributed by atoms with Crippen molar-refractivity contribution in [1.29, 1.82) is 0 Å². The summed E-state index contributed by atoms with van der Waals surface area (Å²) in [5.74, 6) is -0.298. The molecule has 1 aliphatic rings. The third kappa shape index (κ3) is 4.16. The van der Waals surface area contributed by atoms with Gasteiger partial charge in [0.1, 0.15) is 5.82 Å². The van der Waals surface area contributed by atoms with E-state index in [4.69, 9.17) is 0 Å². The zero-order valence-electron chi connectivity index (χ0n) is 15.0. The van der Waals surface area contributed by atoms with Crippen molar-refractivity contribution >= 4 is 38.1 Å². The molecular weight excluding hydrogens is 447 g/mol. The summed E-state index contributed by atoms with van der Waals surface area (Å²) in [5, 5.41) is 1.84. The molecule has 0 spiro atoms. The Balaban J connectivity index is 1.34. The van der Waals surface area contributed by atoms with Crippen LogP contribution in [0.15, 0.2) is 45.1 Å². The fourth-order valence-electron chi connectivity index (χ4n) is 3.29. The number of fused-ring (bicyclic) bond motifs is 1. The second-order valence-corrected chi connectivity index (χ2v) is 8.45. The molecule has 1 aliphatic heterocycles. The highest BCUT2D eigenvalue weighted by Gasteiger charge is 2.22. The normalized spacial score (nSPS) is 15.3. The number of piperazine rings is 1. The maximum atomic E-state index is 13.3. The van der Waals surface area contributed by atoms with Crippen LogP contribution in [0.3, 0.4) is 0 Å². The van der Waals surface area contributed by atoms with Gasteiger partial charge in [0.2, 0.25) is 5.91 Å². The van der Waals surface area contributed by atoms with Crippen LogP contribution < -0.4 is 5.56 Å². The van der Waals surface area contributed by atoms with Gasteiger partial charge in [-0.3, -0.25) is 18.9 Å². The van der Waals surface area contributed by atoms with Gasteiger partial charge >= 0.3 is 0 Å². The number of carbonyl (C=O) groups is 1. The molecule has 3 heterocycles. The van der Waals surface area contributed by atoms with Gasteiger partial charge < -0.3 is 4.90 Å². The van der Waals surface area contributed by atoms with Gasteiger partial charge in [-0.15, -0.1) is 11.3 Å². The first-order chi connectivity index (χ1) is 13.5. The molecule has 0 unspecified atom stereocenters. The van der Waals surface area contributed by atoms with Crippen molar-refractivity contribution in [2.24, 2.45) is 0 Å². The highest BCUT2D eigenvalue weighted by atomic mass is 79.9. The Hall–Kier alpha value is -2.10. The van der Waals surface area contributed by atoms with Gasteiger partial charge in [0.25, 0.3) is 5.56 Å². The van der Waals surface area contributed by atoms with E-state index in [-0.39, 0.29) is 23.7 Å². The number of hydrogen-bond donors (Lipinski definition) is 0. The number of amides is 1. The third-order valence-electron chi connectivity index (χ3n) is 4.81. The lowest BCUT2D eigenvalue weighted by molar-refractivity contribution is -0.132. The number of benzene rings is 1. The summed E-state index contributed by atoms with van der Waals surface area (Å²) < 4.78 is 15.2. The Morgan fingerprint density at radius 1 is 1.21 bits per heavy atom. The molecule has 0 atom stereocenters. The van der Waals surface area contributed by atoms with Gasteiger partial charge in [-0.05, 0) is 33.6 Å². The Kier molecular flexibility index (Phi) is 5.56. The van der Waals surface area contributed by atoms with Crippen molar-refractivity contribution in [2.45, 2.75) is 13.0 Å². The largest absolute Gasteiger partial charge is 0.340 e. The summed E-state index contributed by atoms with van der Waals surface area (Å²) in [6.07, 6.45) is 1.98. The van der Waals surface area contributed by atoms with Crippen LogP contribution in [0.25, 0.3) is 4.96 Å². The summed E-state index contributed by atoms with van der Waals surface area (Å²) in [5.41, 5.74) is 1.47. The molecule has 28 heavy (non-hydrogen) atoms. The molecule has 0 saturated carbocycles. The highest BCUT2D eigenvalue weighted by Crippen LogP contribution is 2.18. The predicted octanol–water partition coefficient (Wildman–Crippen LogP) is 2.54. The van der Waals surface area contributed by atoms with Crippen LogP contribution in [0, 0.1) is 5.82 Å². The van der Waals surface area contributed by atoms with Gasteiger partial charge in [-0.1, -0.05) is 6.07 Å². The molecule has 0 bridgehead atoms. The van der Waals surface area contributed by atoms with Crippen LogP contribution in [-0.4, -0.2) is 51.3 Å². The van der Waals surface area contributed by atoms with Crippen molar-refractivity contribution < 1.29 is 9.18 Å². The molecule has 146 valence electrons. The monoisotopic (exact) mass is 464 g/mol. The minimum atomic E-state index is -0.334. The van der Waals surface area contributed by atoms with E-state index in [0.717, 1.165) is 24.3 Å². The highest BCUT2D eigenvalue weighted by molar-refractivity contribution is 9.10. The van der Waals surface area contributed by atoms with Gasteiger partial charge in [0.05, 0.1) is 16.6 Å². The molecular formula is C19H18BrFN4O2S. The smallest absolute Gasteiger partial charge is 0.258 e. The van der Waals surface area contributed by atoms with Crippen LogP contribution in [0.2, 0.25) is 0 Å². The molecule has 2 aromatic heterocycles. The van der Waals surface area contributed by atoms with Crippen LogP contribution >= 0.6 is 27.3 Å². The maximum absolute atomic E-state index is 13.3. The standard InChI is InChI=1S/C19H18BrFN4O2S/c20-15-9-13(1-2-16(15)21)10-17(26)24-5-3-23(4-6-24)12-14-11-18(27)25-7-8-28-19(25)22-14/h1-2,7-9,11H,3-6,10,12H2. The second kappa shape index (κ2) is 8.10. The topological polar surface area (TPSA) is 57.9 Å². The Labute approximate surface area is 173 Å².